The van der Waals surface area contributed by atoms with Crippen molar-refractivity contribution in [1.29, 1.82) is 0 Å². The molecular weight excluding hydrogens is 471 g/mol. The average molecular weight is 488 g/mol. The molecule has 0 spiro atoms. The number of rotatable bonds is 6. The van der Waals surface area contributed by atoms with E-state index in [2.05, 4.69) is 25.3 Å². The number of imidazole rings is 1. The van der Waals surface area contributed by atoms with E-state index in [1.165, 1.54) is 12.4 Å². The molecule has 0 saturated carbocycles. The Morgan fingerprint density at radius 2 is 1.77 bits per heavy atom. The molecule has 4 rings (SSSR count). The van der Waals surface area contributed by atoms with Crippen molar-refractivity contribution >= 4 is 11.7 Å². The number of halogens is 5. The standard InChI is InChI=1S/C23H17F5N6O/c1-34-11-16(32-12-34)7-20-30-9-14(10-31-20)17-8-18(24)13(4-19(17)25)5-22(35)33-21-6-15(2-3-29-21)23(26,27)28/h2-4,6,8-12H,5,7H2,1H3,(H,29,33,35). The molecule has 0 aliphatic rings. The molecule has 1 amide bonds. The zero-order chi connectivity index (χ0) is 25.2. The summed E-state index contributed by atoms with van der Waals surface area (Å²) in [7, 11) is 1.83. The number of benzene rings is 1. The number of aryl methyl sites for hydroxylation is 1. The van der Waals surface area contributed by atoms with Crippen molar-refractivity contribution in [2.75, 3.05) is 5.32 Å². The molecule has 0 aliphatic heterocycles. The summed E-state index contributed by atoms with van der Waals surface area (Å²) in [5.41, 5.74) is -0.396. The Kier molecular flexibility index (Phi) is 6.54. The normalized spacial score (nSPS) is 11.5. The van der Waals surface area contributed by atoms with E-state index in [0.29, 0.717) is 18.3 Å². The molecule has 180 valence electrons. The van der Waals surface area contributed by atoms with E-state index >= 15 is 0 Å². The number of aromatic nitrogens is 5. The Labute approximate surface area is 195 Å². The quantitative estimate of drug-likeness (QED) is 0.408. The lowest BCUT2D eigenvalue weighted by atomic mass is 10.0. The second-order valence-electron chi connectivity index (χ2n) is 7.67. The van der Waals surface area contributed by atoms with Crippen molar-refractivity contribution < 1.29 is 26.7 Å². The summed E-state index contributed by atoms with van der Waals surface area (Å²) in [6.45, 7) is 0. The Bertz CT molecular complexity index is 1370. The molecule has 0 aliphatic carbocycles. The highest BCUT2D eigenvalue weighted by atomic mass is 19.4. The highest BCUT2D eigenvalue weighted by molar-refractivity contribution is 5.91. The van der Waals surface area contributed by atoms with Gasteiger partial charge in [-0.3, -0.25) is 4.79 Å². The summed E-state index contributed by atoms with van der Waals surface area (Å²) in [6, 6.07) is 3.16. The van der Waals surface area contributed by atoms with Crippen LogP contribution in [-0.4, -0.2) is 30.4 Å². The zero-order valence-corrected chi connectivity index (χ0v) is 18.1. The number of alkyl halides is 3. The molecule has 0 radical (unpaired) electrons. The van der Waals surface area contributed by atoms with Crippen molar-refractivity contribution in [2.45, 2.75) is 19.0 Å². The smallest absolute Gasteiger partial charge is 0.340 e. The molecule has 0 bridgehead atoms. The summed E-state index contributed by atoms with van der Waals surface area (Å²) >= 11 is 0. The van der Waals surface area contributed by atoms with Crippen molar-refractivity contribution in [1.82, 2.24) is 24.5 Å². The van der Waals surface area contributed by atoms with Crippen LogP contribution in [0.25, 0.3) is 11.1 Å². The van der Waals surface area contributed by atoms with Gasteiger partial charge in [0.25, 0.3) is 0 Å². The molecule has 12 heteroatoms. The van der Waals surface area contributed by atoms with Crippen LogP contribution >= 0.6 is 0 Å². The number of nitrogens with zero attached hydrogens (tertiary/aromatic N) is 5. The van der Waals surface area contributed by atoms with Crippen LogP contribution in [0.3, 0.4) is 0 Å². The minimum absolute atomic E-state index is 0.101. The highest BCUT2D eigenvalue weighted by Crippen LogP contribution is 2.30. The van der Waals surface area contributed by atoms with Gasteiger partial charge in [0.2, 0.25) is 5.91 Å². The molecule has 35 heavy (non-hydrogen) atoms. The Balaban J connectivity index is 1.46. The Morgan fingerprint density at radius 3 is 2.43 bits per heavy atom. The number of pyridine rings is 1. The molecule has 0 saturated heterocycles. The number of carbonyl (C=O) groups excluding carboxylic acids is 1. The van der Waals surface area contributed by atoms with Crippen molar-refractivity contribution in [3.63, 3.8) is 0 Å². The number of hydrogen-bond donors (Lipinski definition) is 1. The van der Waals surface area contributed by atoms with Gasteiger partial charge in [-0.15, -0.1) is 0 Å². The van der Waals surface area contributed by atoms with E-state index in [1.54, 1.807) is 10.9 Å². The van der Waals surface area contributed by atoms with Crippen LogP contribution in [0, 0.1) is 11.6 Å². The lowest BCUT2D eigenvalue weighted by molar-refractivity contribution is -0.137. The van der Waals surface area contributed by atoms with Crippen LogP contribution in [-0.2, 0) is 30.9 Å². The van der Waals surface area contributed by atoms with E-state index in [-0.39, 0.29) is 22.5 Å². The first-order chi connectivity index (χ1) is 16.6. The van der Waals surface area contributed by atoms with E-state index in [4.69, 9.17) is 0 Å². The molecule has 7 nitrogen and oxygen atoms in total. The second-order valence-corrected chi connectivity index (χ2v) is 7.67. The SMILES string of the molecule is Cn1cnc(Cc2ncc(-c3cc(F)c(CC(=O)Nc4cc(C(F)(F)F)ccn4)cc3F)cn2)c1. The van der Waals surface area contributed by atoms with Crippen molar-refractivity contribution in [3.8, 4) is 11.1 Å². The van der Waals surface area contributed by atoms with Gasteiger partial charge in [0.05, 0.1) is 30.4 Å². The monoisotopic (exact) mass is 488 g/mol. The maximum Gasteiger partial charge on any atom is 0.416 e. The molecule has 4 aromatic rings. The predicted molar refractivity (Wildman–Crippen MR) is 115 cm³/mol. The van der Waals surface area contributed by atoms with Gasteiger partial charge in [0.15, 0.2) is 0 Å². The molecule has 0 unspecified atom stereocenters. The van der Waals surface area contributed by atoms with E-state index < -0.39 is 35.7 Å². The summed E-state index contributed by atoms with van der Waals surface area (Å²) in [4.78, 5) is 28.4. The fourth-order valence-corrected chi connectivity index (χ4v) is 3.29. The predicted octanol–water partition coefficient (Wildman–Crippen LogP) is 4.34. The summed E-state index contributed by atoms with van der Waals surface area (Å²) < 4.78 is 69.6. The number of hydrogen-bond acceptors (Lipinski definition) is 5. The van der Waals surface area contributed by atoms with Gasteiger partial charge in [-0.05, 0) is 24.3 Å². The van der Waals surface area contributed by atoms with Crippen LogP contribution in [0.2, 0.25) is 0 Å². The minimum atomic E-state index is -4.62. The fraction of sp³-hybridized carbons (Fsp3) is 0.174. The summed E-state index contributed by atoms with van der Waals surface area (Å²) in [6.07, 6.45) is 2.19. The van der Waals surface area contributed by atoms with Gasteiger partial charge in [-0.2, -0.15) is 13.2 Å². The van der Waals surface area contributed by atoms with E-state index in [1.807, 2.05) is 13.2 Å². The van der Waals surface area contributed by atoms with E-state index in [0.717, 1.165) is 30.1 Å². The van der Waals surface area contributed by atoms with Gasteiger partial charge < -0.3 is 9.88 Å². The maximum absolute atomic E-state index is 14.7. The van der Waals surface area contributed by atoms with Gasteiger partial charge in [0.1, 0.15) is 23.3 Å². The van der Waals surface area contributed by atoms with Crippen molar-refractivity contribution in [2.24, 2.45) is 7.05 Å². The lowest BCUT2D eigenvalue weighted by Gasteiger charge is -2.10. The van der Waals surface area contributed by atoms with Crippen LogP contribution in [0.1, 0.15) is 22.6 Å². The van der Waals surface area contributed by atoms with Crippen LogP contribution < -0.4 is 5.32 Å². The fourth-order valence-electron chi connectivity index (χ4n) is 3.29. The molecular formula is C23H17F5N6O. The van der Waals surface area contributed by atoms with Gasteiger partial charge in [-0.25, -0.2) is 28.7 Å². The third-order valence-electron chi connectivity index (χ3n) is 4.96. The van der Waals surface area contributed by atoms with Crippen molar-refractivity contribution in [3.05, 3.63) is 89.7 Å². The first-order valence-corrected chi connectivity index (χ1v) is 10.2. The summed E-state index contributed by atoms with van der Waals surface area (Å²) in [5, 5.41) is 2.16. The average Bonchev–Trinajstić information content (AvgIpc) is 3.20. The topological polar surface area (TPSA) is 85.6 Å². The lowest BCUT2D eigenvalue weighted by Crippen LogP contribution is -2.17. The minimum Gasteiger partial charge on any atom is -0.340 e. The molecule has 3 heterocycles. The zero-order valence-electron chi connectivity index (χ0n) is 18.1. The first kappa shape index (κ1) is 23.9. The molecule has 0 fully saturated rings. The van der Waals surface area contributed by atoms with Crippen LogP contribution in [0.5, 0.6) is 0 Å². The maximum atomic E-state index is 14.7. The van der Waals surface area contributed by atoms with Gasteiger partial charge >= 0.3 is 6.18 Å². The second kappa shape index (κ2) is 9.57. The highest BCUT2D eigenvalue weighted by Gasteiger charge is 2.30. The third kappa shape index (κ3) is 5.83. The third-order valence-corrected chi connectivity index (χ3v) is 4.96. The Hall–Kier alpha value is -4.22. The first-order valence-electron chi connectivity index (χ1n) is 10.2. The molecule has 1 N–H and O–H groups in total. The van der Waals surface area contributed by atoms with Gasteiger partial charge in [0, 0.05) is 48.5 Å². The number of amides is 1. The van der Waals surface area contributed by atoms with Gasteiger partial charge in [-0.1, -0.05) is 0 Å². The summed E-state index contributed by atoms with van der Waals surface area (Å²) in [5.74, 6) is -2.45. The molecule has 0 atom stereocenters. The Morgan fingerprint density at radius 1 is 1.03 bits per heavy atom. The number of anilines is 1. The molecule has 1 aromatic carbocycles. The van der Waals surface area contributed by atoms with Crippen LogP contribution in [0.15, 0.2) is 55.4 Å². The molecule has 3 aromatic heterocycles. The van der Waals surface area contributed by atoms with Crippen LogP contribution in [0.4, 0.5) is 27.8 Å². The number of nitrogens with one attached hydrogen (secondary N) is 1. The van der Waals surface area contributed by atoms with E-state index in [9.17, 15) is 26.7 Å². The number of carbonyl (C=O) groups is 1. The largest absolute Gasteiger partial charge is 0.416 e.